The summed E-state index contributed by atoms with van der Waals surface area (Å²) in [5.74, 6) is 1.68. The van der Waals surface area contributed by atoms with Gasteiger partial charge in [0, 0.05) is 32.0 Å². The van der Waals surface area contributed by atoms with Crippen molar-refractivity contribution in [2.75, 3.05) is 25.1 Å². The molecule has 0 radical (unpaired) electrons. The predicted molar refractivity (Wildman–Crippen MR) is 82.5 cm³/mol. The first-order valence-electron chi connectivity index (χ1n) is 7.21. The van der Waals surface area contributed by atoms with Crippen molar-refractivity contribution in [2.45, 2.75) is 31.8 Å². The van der Waals surface area contributed by atoms with E-state index in [0.29, 0.717) is 5.92 Å². The van der Waals surface area contributed by atoms with Gasteiger partial charge in [0.05, 0.1) is 6.04 Å². The molecule has 1 aliphatic rings. The highest BCUT2D eigenvalue weighted by molar-refractivity contribution is 7.98. The average Bonchev–Trinajstić information content (AvgIpc) is 2.97. The Balaban J connectivity index is 1.74. The number of carbonyl (C=O) groups excluding carboxylic acids is 1. The van der Waals surface area contributed by atoms with E-state index in [9.17, 15) is 4.79 Å². The van der Waals surface area contributed by atoms with Crippen LogP contribution in [0.4, 0.5) is 0 Å². The van der Waals surface area contributed by atoms with Gasteiger partial charge < -0.3 is 10.6 Å². The second-order valence-corrected chi connectivity index (χ2v) is 6.37. The molecular weight excluding hydrogens is 272 g/mol. The van der Waals surface area contributed by atoms with Crippen molar-refractivity contribution >= 4 is 17.7 Å². The molecule has 2 heterocycles. The topological polar surface area (TPSA) is 64.2 Å². The summed E-state index contributed by atoms with van der Waals surface area (Å²) in [5.41, 5.74) is 5.96. The van der Waals surface area contributed by atoms with Crippen LogP contribution in [0.15, 0.2) is 18.5 Å². The number of rotatable bonds is 6. The maximum Gasteiger partial charge on any atom is 0.239 e. The molecule has 1 aromatic heterocycles. The summed E-state index contributed by atoms with van der Waals surface area (Å²) in [6.07, 6.45) is 8.70. The maximum absolute atomic E-state index is 12.2. The van der Waals surface area contributed by atoms with Crippen LogP contribution in [-0.4, -0.2) is 51.7 Å². The van der Waals surface area contributed by atoms with Crippen LogP contribution in [0.25, 0.3) is 0 Å². The van der Waals surface area contributed by atoms with Crippen molar-refractivity contribution in [3.8, 4) is 0 Å². The number of carbonyl (C=O) groups is 1. The summed E-state index contributed by atoms with van der Waals surface area (Å²) < 4.78 is 1.98. The number of thioether (sulfide) groups is 1. The Hall–Kier alpha value is -1.01. The maximum atomic E-state index is 12.2. The van der Waals surface area contributed by atoms with Crippen LogP contribution in [0.1, 0.15) is 19.3 Å². The zero-order valence-corrected chi connectivity index (χ0v) is 12.9. The summed E-state index contributed by atoms with van der Waals surface area (Å²) in [7, 11) is 0. The molecule has 0 aromatic carbocycles. The number of aromatic nitrogens is 2. The number of likely N-dealkylation sites (tertiary alicyclic amines) is 1. The summed E-state index contributed by atoms with van der Waals surface area (Å²) in [4.78, 5) is 14.1. The van der Waals surface area contributed by atoms with Gasteiger partial charge in [0.15, 0.2) is 0 Å². The molecule has 1 aliphatic heterocycles. The van der Waals surface area contributed by atoms with E-state index >= 15 is 0 Å². The highest BCUT2D eigenvalue weighted by Gasteiger charge is 2.26. The van der Waals surface area contributed by atoms with Crippen molar-refractivity contribution in [3.63, 3.8) is 0 Å². The fourth-order valence-electron chi connectivity index (χ4n) is 2.61. The fraction of sp³-hybridized carbons (Fsp3) is 0.714. The summed E-state index contributed by atoms with van der Waals surface area (Å²) in [6.45, 7) is 2.61. The van der Waals surface area contributed by atoms with Gasteiger partial charge in [-0.1, -0.05) is 0 Å². The number of hydrogen-bond donors (Lipinski definition) is 1. The minimum atomic E-state index is -0.329. The van der Waals surface area contributed by atoms with Gasteiger partial charge >= 0.3 is 0 Å². The van der Waals surface area contributed by atoms with Crippen LogP contribution >= 0.6 is 11.8 Å². The normalized spacial score (nSPS) is 18.2. The van der Waals surface area contributed by atoms with Crippen LogP contribution in [0.3, 0.4) is 0 Å². The lowest BCUT2D eigenvalue weighted by molar-refractivity contribution is -0.134. The third-order valence-corrected chi connectivity index (χ3v) is 4.52. The molecule has 1 amide bonds. The van der Waals surface area contributed by atoms with Gasteiger partial charge in [-0.15, -0.1) is 0 Å². The fourth-order valence-corrected chi connectivity index (χ4v) is 3.10. The molecule has 1 saturated heterocycles. The Morgan fingerprint density at radius 2 is 2.25 bits per heavy atom. The Morgan fingerprint density at radius 3 is 2.85 bits per heavy atom. The molecule has 0 saturated carbocycles. The number of nitrogens with zero attached hydrogens (tertiary/aromatic N) is 3. The van der Waals surface area contributed by atoms with Crippen LogP contribution in [0, 0.1) is 5.92 Å². The number of amides is 1. The SMILES string of the molecule is CSCC[C@H](N)C(=O)N1CCC(Cn2cccn2)CC1. The van der Waals surface area contributed by atoms with E-state index in [2.05, 4.69) is 5.10 Å². The first-order chi connectivity index (χ1) is 9.70. The minimum Gasteiger partial charge on any atom is -0.341 e. The van der Waals surface area contributed by atoms with Gasteiger partial charge in [-0.3, -0.25) is 9.48 Å². The molecule has 6 heteroatoms. The van der Waals surface area contributed by atoms with Crippen LogP contribution < -0.4 is 5.73 Å². The number of nitrogens with two attached hydrogens (primary N) is 1. The second kappa shape index (κ2) is 7.69. The Morgan fingerprint density at radius 1 is 1.50 bits per heavy atom. The summed E-state index contributed by atoms with van der Waals surface area (Å²) in [5, 5.41) is 4.24. The molecule has 5 nitrogen and oxygen atoms in total. The van der Waals surface area contributed by atoms with E-state index in [1.54, 1.807) is 11.8 Å². The van der Waals surface area contributed by atoms with E-state index in [1.807, 2.05) is 34.3 Å². The van der Waals surface area contributed by atoms with Crippen LogP contribution in [0.2, 0.25) is 0 Å². The van der Waals surface area contributed by atoms with E-state index in [0.717, 1.165) is 44.6 Å². The van der Waals surface area contributed by atoms with Gasteiger partial charge in [-0.2, -0.15) is 16.9 Å². The molecule has 1 fully saturated rings. The minimum absolute atomic E-state index is 0.122. The second-order valence-electron chi connectivity index (χ2n) is 5.38. The molecular formula is C14H24N4OS. The molecule has 20 heavy (non-hydrogen) atoms. The molecule has 2 rings (SSSR count). The third kappa shape index (κ3) is 4.24. The highest BCUT2D eigenvalue weighted by Crippen LogP contribution is 2.19. The van der Waals surface area contributed by atoms with E-state index in [4.69, 9.17) is 5.73 Å². The van der Waals surface area contributed by atoms with E-state index < -0.39 is 0 Å². The molecule has 0 aliphatic carbocycles. The van der Waals surface area contributed by atoms with E-state index in [1.165, 1.54) is 0 Å². The lowest BCUT2D eigenvalue weighted by Gasteiger charge is -2.33. The lowest BCUT2D eigenvalue weighted by Crippen LogP contribution is -2.47. The quantitative estimate of drug-likeness (QED) is 0.857. The first-order valence-corrected chi connectivity index (χ1v) is 8.61. The van der Waals surface area contributed by atoms with Crippen LogP contribution in [0.5, 0.6) is 0 Å². The molecule has 1 aromatic rings. The Bertz CT molecular complexity index is 401. The van der Waals surface area contributed by atoms with Crippen LogP contribution in [-0.2, 0) is 11.3 Å². The lowest BCUT2D eigenvalue weighted by atomic mass is 9.96. The number of piperidine rings is 1. The molecule has 0 bridgehead atoms. The molecule has 1 atom stereocenters. The van der Waals surface area contributed by atoms with Gasteiger partial charge in [0.2, 0.25) is 5.91 Å². The molecule has 2 N–H and O–H groups in total. The molecule has 112 valence electrons. The Kier molecular flexibility index (Phi) is 5.91. The van der Waals surface area contributed by atoms with E-state index in [-0.39, 0.29) is 11.9 Å². The largest absolute Gasteiger partial charge is 0.341 e. The number of hydrogen-bond acceptors (Lipinski definition) is 4. The third-order valence-electron chi connectivity index (χ3n) is 3.88. The summed E-state index contributed by atoms with van der Waals surface area (Å²) >= 11 is 1.74. The van der Waals surface area contributed by atoms with Gasteiger partial charge in [-0.25, -0.2) is 0 Å². The van der Waals surface area contributed by atoms with Crippen molar-refractivity contribution in [1.29, 1.82) is 0 Å². The van der Waals surface area contributed by atoms with Gasteiger partial charge in [-0.05, 0) is 43.3 Å². The highest BCUT2D eigenvalue weighted by atomic mass is 32.2. The van der Waals surface area contributed by atoms with Crippen molar-refractivity contribution in [1.82, 2.24) is 14.7 Å². The average molecular weight is 296 g/mol. The molecule has 0 spiro atoms. The zero-order valence-electron chi connectivity index (χ0n) is 12.1. The summed E-state index contributed by atoms with van der Waals surface area (Å²) in [6, 6.07) is 1.62. The predicted octanol–water partition coefficient (Wildman–Crippen LogP) is 1.20. The van der Waals surface area contributed by atoms with Crippen molar-refractivity contribution < 1.29 is 4.79 Å². The van der Waals surface area contributed by atoms with Gasteiger partial charge in [0.1, 0.15) is 0 Å². The van der Waals surface area contributed by atoms with Gasteiger partial charge in [0.25, 0.3) is 0 Å². The standard InChI is InChI=1S/C14H24N4OS/c1-20-10-5-13(15)14(19)17-8-3-12(4-9-17)11-18-7-2-6-16-18/h2,6-7,12-13H,3-5,8-11,15H2,1H3/t13-/m0/s1. The van der Waals surface area contributed by atoms with Crippen molar-refractivity contribution in [2.24, 2.45) is 11.7 Å². The Labute approximate surface area is 124 Å². The zero-order chi connectivity index (χ0) is 14.4. The smallest absolute Gasteiger partial charge is 0.239 e. The van der Waals surface area contributed by atoms with Crippen molar-refractivity contribution in [3.05, 3.63) is 18.5 Å². The monoisotopic (exact) mass is 296 g/mol. The molecule has 0 unspecified atom stereocenters. The first kappa shape index (κ1) is 15.4.